The van der Waals surface area contributed by atoms with E-state index in [4.69, 9.17) is 0 Å². The van der Waals surface area contributed by atoms with Crippen LogP contribution in [0.3, 0.4) is 0 Å². The highest BCUT2D eigenvalue weighted by molar-refractivity contribution is 5.10. The zero-order chi connectivity index (χ0) is 9.11. The first-order chi connectivity index (χ1) is 5.35. The molecule has 0 bridgehead atoms. The summed E-state index contributed by atoms with van der Waals surface area (Å²) in [6.07, 6.45) is 8.72. The summed E-state index contributed by atoms with van der Waals surface area (Å²) in [6.45, 7) is 10.4. The Morgan fingerprint density at radius 2 is 1.55 bits per heavy atom. The fourth-order valence-electron chi connectivity index (χ4n) is 0.718. The largest absolute Gasteiger partial charge is 0.0877 e. The summed E-state index contributed by atoms with van der Waals surface area (Å²) < 4.78 is 0. The van der Waals surface area contributed by atoms with Gasteiger partial charge in [-0.25, -0.2) is 0 Å². The summed E-state index contributed by atoms with van der Waals surface area (Å²) >= 11 is 0. The molecular formula is C11H22. The maximum Gasteiger partial charge on any atom is -0.0346 e. The summed E-state index contributed by atoms with van der Waals surface area (Å²) in [7, 11) is 0. The molecule has 0 amide bonds. The van der Waals surface area contributed by atoms with Crippen LogP contribution in [0.1, 0.15) is 47.5 Å². The molecule has 0 aromatic heterocycles. The van der Waals surface area contributed by atoms with E-state index in [0.29, 0.717) is 0 Å². The molecule has 0 fully saturated rings. The number of hydrogen-bond donors (Lipinski definition) is 0. The van der Waals surface area contributed by atoms with Crippen molar-refractivity contribution in [2.75, 3.05) is 0 Å². The molecule has 11 heavy (non-hydrogen) atoms. The van der Waals surface area contributed by atoms with Gasteiger partial charge in [-0.1, -0.05) is 51.5 Å². The second-order valence-electron chi connectivity index (χ2n) is 2.06. The molecule has 0 heteroatoms. The average molecular weight is 154 g/mol. The monoisotopic (exact) mass is 154 g/mol. The van der Waals surface area contributed by atoms with Crippen LogP contribution >= 0.6 is 0 Å². The van der Waals surface area contributed by atoms with Crippen LogP contribution < -0.4 is 0 Å². The predicted octanol–water partition coefficient (Wildman–Crippen LogP) is 4.34. The highest BCUT2D eigenvalue weighted by Crippen LogP contribution is 2.04. The van der Waals surface area contributed by atoms with Gasteiger partial charge in [-0.15, -0.1) is 0 Å². The van der Waals surface area contributed by atoms with Crippen LogP contribution in [0.2, 0.25) is 0 Å². The molecule has 0 saturated heterocycles. The van der Waals surface area contributed by atoms with Crippen molar-refractivity contribution >= 4 is 0 Å². The van der Waals surface area contributed by atoms with Gasteiger partial charge in [0.1, 0.15) is 0 Å². The molecule has 0 aromatic carbocycles. The normalized spacial score (nSPS) is 8.82. The van der Waals surface area contributed by atoms with Gasteiger partial charge in [0.15, 0.2) is 0 Å². The van der Waals surface area contributed by atoms with Gasteiger partial charge in [0.25, 0.3) is 0 Å². The number of allylic oxidation sites excluding steroid dienone is 4. The van der Waals surface area contributed by atoms with Gasteiger partial charge in [0.2, 0.25) is 0 Å². The maximum atomic E-state index is 2.19. The van der Waals surface area contributed by atoms with Crippen LogP contribution in [-0.2, 0) is 0 Å². The summed E-state index contributed by atoms with van der Waals surface area (Å²) in [5.74, 6) is 0. The standard InChI is InChI=1S/C9H16.C2H6/c1-4-7-8-9(5-2)6-3;1-2/h4,7-8H,5-6H2,1-3H3;1-2H3/b7-4-;. The van der Waals surface area contributed by atoms with Crippen molar-refractivity contribution in [1.82, 2.24) is 0 Å². The molecule has 0 aliphatic rings. The second kappa shape index (κ2) is 12.2. The van der Waals surface area contributed by atoms with Crippen molar-refractivity contribution in [3.05, 3.63) is 23.8 Å². The van der Waals surface area contributed by atoms with Crippen molar-refractivity contribution in [2.45, 2.75) is 47.5 Å². The number of rotatable bonds is 3. The lowest BCUT2D eigenvalue weighted by Gasteiger charge is -1.94. The van der Waals surface area contributed by atoms with Gasteiger partial charge in [0, 0.05) is 0 Å². The Morgan fingerprint density at radius 1 is 1.09 bits per heavy atom. The van der Waals surface area contributed by atoms with E-state index < -0.39 is 0 Å². The first kappa shape index (κ1) is 13.1. The van der Waals surface area contributed by atoms with Gasteiger partial charge in [-0.2, -0.15) is 0 Å². The minimum absolute atomic E-state index is 1.18. The van der Waals surface area contributed by atoms with Gasteiger partial charge >= 0.3 is 0 Å². The van der Waals surface area contributed by atoms with Gasteiger partial charge in [-0.05, 0) is 19.8 Å². The minimum Gasteiger partial charge on any atom is -0.0877 e. The average Bonchev–Trinajstić information content (AvgIpc) is 2.10. The number of hydrogen-bond acceptors (Lipinski definition) is 0. The van der Waals surface area contributed by atoms with E-state index in [1.807, 2.05) is 20.8 Å². The van der Waals surface area contributed by atoms with E-state index in [1.54, 1.807) is 0 Å². The van der Waals surface area contributed by atoms with E-state index in [2.05, 4.69) is 32.1 Å². The molecular weight excluding hydrogens is 132 g/mol. The molecule has 0 spiro atoms. The Kier molecular flexibility index (Phi) is 14.5. The van der Waals surface area contributed by atoms with E-state index in [0.717, 1.165) is 0 Å². The van der Waals surface area contributed by atoms with Crippen molar-refractivity contribution in [3.63, 3.8) is 0 Å². The minimum atomic E-state index is 1.18. The lowest BCUT2D eigenvalue weighted by molar-refractivity contribution is 0.978. The Balaban J connectivity index is 0. The zero-order valence-electron chi connectivity index (χ0n) is 8.65. The van der Waals surface area contributed by atoms with Crippen LogP contribution in [-0.4, -0.2) is 0 Å². The molecule has 0 unspecified atom stereocenters. The van der Waals surface area contributed by atoms with Crippen molar-refractivity contribution in [2.24, 2.45) is 0 Å². The molecule has 0 heterocycles. The molecule has 0 N–H and O–H groups in total. The van der Waals surface area contributed by atoms with E-state index in [9.17, 15) is 0 Å². The summed E-state index contributed by atoms with van der Waals surface area (Å²) in [4.78, 5) is 0. The van der Waals surface area contributed by atoms with Crippen molar-refractivity contribution in [1.29, 1.82) is 0 Å². The third-order valence-electron chi connectivity index (χ3n) is 1.43. The molecule has 0 atom stereocenters. The Labute approximate surface area is 72.0 Å². The Morgan fingerprint density at radius 3 is 1.82 bits per heavy atom. The van der Waals surface area contributed by atoms with Crippen LogP contribution in [0, 0.1) is 0 Å². The van der Waals surface area contributed by atoms with Crippen LogP contribution in [0.5, 0.6) is 0 Å². The molecule has 0 nitrogen and oxygen atoms in total. The highest BCUT2D eigenvalue weighted by Gasteiger charge is 1.83. The molecule has 0 aromatic rings. The Hall–Kier alpha value is -0.520. The first-order valence-corrected chi connectivity index (χ1v) is 4.65. The third kappa shape index (κ3) is 9.48. The molecule has 0 aliphatic carbocycles. The van der Waals surface area contributed by atoms with Crippen molar-refractivity contribution < 1.29 is 0 Å². The maximum absolute atomic E-state index is 2.19. The van der Waals surface area contributed by atoms with E-state index in [-0.39, 0.29) is 0 Å². The lowest BCUT2D eigenvalue weighted by Crippen LogP contribution is -1.73. The molecule has 66 valence electrons. The summed E-state index contributed by atoms with van der Waals surface area (Å²) in [6, 6.07) is 0. The van der Waals surface area contributed by atoms with E-state index in [1.165, 1.54) is 18.4 Å². The third-order valence-corrected chi connectivity index (χ3v) is 1.43. The van der Waals surface area contributed by atoms with Gasteiger partial charge in [0.05, 0.1) is 0 Å². The van der Waals surface area contributed by atoms with E-state index >= 15 is 0 Å². The van der Waals surface area contributed by atoms with Crippen molar-refractivity contribution in [3.8, 4) is 0 Å². The summed E-state index contributed by atoms with van der Waals surface area (Å²) in [5, 5.41) is 0. The smallest absolute Gasteiger partial charge is 0.0346 e. The SMILES string of the molecule is C/C=C\C=C(CC)CC.CC. The molecule has 0 rings (SSSR count). The second-order valence-corrected chi connectivity index (χ2v) is 2.06. The van der Waals surface area contributed by atoms with Crippen LogP contribution in [0.4, 0.5) is 0 Å². The van der Waals surface area contributed by atoms with Crippen LogP contribution in [0.25, 0.3) is 0 Å². The van der Waals surface area contributed by atoms with Gasteiger partial charge in [-0.3, -0.25) is 0 Å². The molecule has 0 radical (unpaired) electrons. The topological polar surface area (TPSA) is 0 Å². The molecule has 0 saturated carbocycles. The predicted molar refractivity (Wildman–Crippen MR) is 54.8 cm³/mol. The quantitative estimate of drug-likeness (QED) is 0.531. The fourth-order valence-corrected chi connectivity index (χ4v) is 0.718. The zero-order valence-corrected chi connectivity index (χ0v) is 8.65. The lowest BCUT2D eigenvalue weighted by atomic mass is 10.1. The summed E-state index contributed by atoms with van der Waals surface area (Å²) in [5.41, 5.74) is 1.52. The first-order valence-electron chi connectivity index (χ1n) is 4.65. The van der Waals surface area contributed by atoms with Gasteiger partial charge < -0.3 is 0 Å². The van der Waals surface area contributed by atoms with Crippen LogP contribution in [0.15, 0.2) is 23.8 Å². The fraction of sp³-hybridized carbons (Fsp3) is 0.636. The highest BCUT2D eigenvalue weighted by atomic mass is 13.9. The molecule has 0 aliphatic heterocycles. The Bertz CT molecular complexity index is 101.